The van der Waals surface area contributed by atoms with Crippen molar-refractivity contribution in [3.8, 4) is 11.3 Å². The smallest absolute Gasteiger partial charge is 0.411 e. The summed E-state index contributed by atoms with van der Waals surface area (Å²) >= 11 is 6.50. The van der Waals surface area contributed by atoms with Crippen molar-refractivity contribution in [2.75, 3.05) is 45.6 Å². The predicted molar refractivity (Wildman–Crippen MR) is 132 cm³/mol. The first-order valence-corrected chi connectivity index (χ1v) is 11.3. The van der Waals surface area contributed by atoms with Gasteiger partial charge in [-0.1, -0.05) is 29.8 Å². The van der Waals surface area contributed by atoms with Crippen LogP contribution in [0.2, 0.25) is 5.02 Å². The summed E-state index contributed by atoms with van der Waals surface area (Å²) in [6, 6.07) is 14.4. The molecule has 1 fully saturated rings. The first-order chi connectivity index (χ1) is 16.4. The van der Waals surface area contributed by atoms with E-state index in [4.69, 9.17) is 32.8 Å². The molecule has 1 aromatic heterocycles. The van der Waals surface area contributed by atoms with Gasteiger partial charge in [-0.3, -0.25) is 9.69 Å². The van der Waals surface area contributed by atoms with E-state index in [9.17, 15) is 9.59 Å². The topological polar surface area (TPSA) is 127 Å². The zero-order valence-electron chi connectivity index (χ0n) is 18.8. The highest BCUT2D eigenvalue weighted by atomic mass is 35.5. The first-order valence-electron chi connectivity index (χ1n) is 11.0. The summed E-state index contributed by atoms with van der Waals surface area (Å²) in [5, 5.41) is 4.21. The van der Waals surface area contributed by atoms with E-state index in [1.807, 2.05) is 12.1 Å². The number of anilines is 1. The van der Waals surface area contributed by atoms with Crippen LogP contribution in [0.5, 0.6) is 0 Å². The molecule has 10 heteroatoms. The molecule has 34 heavy (non-hydrogen) atoms. The molecule has 5 N–H and O–H groups in total. The number of pyridine rings is 1. The molecule has 1 atom stereocenters. The molecule has 2 heterocycles. The standard InChI is InChI=1S/C24H27ClN6O3/c1-28-8-11-34-24(33)31-10-9-30(14-22(31)27)23(32)16-4-7-18-19(25)13-20(29-21(18)12-16)15-2-5-17(26)6-3-15/h2-7,12-13,22,28H,8-11,14,26-27H2,1H3/t22-/m0/s1. The van der Waals surface area contributed by atoms with Gasteiger partial charge in [-0.05, 0) is 37.4 Å². The zero-order chi connectivity index (χ0) is 24.2. The minimum atomic E-state index is -0.648. The van der Waals surface area contributed by atoms with Gasteiger partial charge < -0.3 is 26.4 Å². The number of ether oxygens (including phenoxy) is 1. The first kappa shape index (κ1) is 23.7. The van der Waals surface area contributed by atoms with Crippen LogP contribution in [0.1, 0.15) is 10.4 Å². The van der Waals surface area contributed by atoms with Crippen molar-refractivity contribution in [2.24, 2.45) is 5.73 Å². The van der Waals surface area contributed by atoms with Gasteiger partial charge in [-0.2, -0.15) is 0 Å². The van der Waals surface area contributed by atoms with Crippen molar-refractivity contribution < 1.29 is 14.3 Å². The van der Waals surface area contributed by atoms with Crippen molar-refractivity contribution in [1.82, 2.24) is 20.1 Å². The third-order valence-corrected chi connectivity index (χ3v) is 6.04. The Kier molecular flexibility index (Phi) is 7.16. The summed E-state index contributed by atoms with van der Waals surface area (Å²) in [5.41, 5.74) is 15.3. The summed E-state index contributed by atoms with van der Waals surface area (Å²) in [7, 11) is 1.78. The highest BCUT2D eigenvalue weighted by Crippen LogP contribution is 2.29. The number of nitrogens with one attached hydrogen (secondary N) is 1. The second kappa shape index (κ2) is 10.3. The largest absolute Gasteiger partial charge is 0.448 e. The van der Waals surface area contributed by atoms with Crippen molar-refractivity contribution in [2.45, 2.75) is 6.17 Å². The van der Waals surface area contributed by atoms with Crippen LogP contribution in [0.15, 0.2) is 48.5 Å². The fraction of sp³-hybridized carbons (Fsp3) is 0.292. The molecule has 0 saturated carbocycles. The molecular formula is C24H27ClN6O3. The van der Waals surface area contributed by atoms with Crippen molar-refractivity contribution >= 4 is 40.2 Å². The van der Waals surface area contributed by atoms with E-state index >= 15 is 0 Å². The van der Waals surface area contributed by atoms with Gasteiger partial charge in [0.1, 0.15) is 12.8 Å². The van der Waals surface area contributed by atoms with E-state index in [0.29, 0.717) is 47.1 Å². The minimum absolute atomic E-state index is 0.184. The summed E-state index contributed by atoms with van der Waals surface area (Å²) < 4.78 is 5.20. The number of hydrogen-bond donors (Lipinski definition) is 3. The number of fused-ring (bicyclic) bond motifs is 1. The molecule has 2 aromatic carbocycles. The number of halogens is 1. The van der Waals surface area contributed by atoms with Crippen LogP contribution < -0.4 is 16.8 Å². The maximum Gasteiger partial charge on any atom is 0.411 e. The van der Waals surface area contributed by atoms with E-state index in [-0.39, 0.29) is 19.1 Å². The van der Waals surface area contributed by atoms with E-state index in [1.54, 1.807) is 48.3 Å². The number of benzene rings is 2. The Hall–Kier alpha value is -3.40. The van der Waals surface area contributed by atoms with Crippen LogP contribution >= 0.6 is 11.6 Å². The lowest BCUT2D eigenvalue weighted by Gasteiger charge is -2.38. The second-order valence-electron chi connectivity index (χ2n) is 8.07. The zero-order valence-corrected chi connectivity index (χ0v) is 19.6. The van der Waals surface area contributed by atoms with E-state index in [1.165, 1.54) is 4.90 Å². The highest BCUT2D eigenvalue weighted by molar-refractivity contribution is 6.35. The Morgan fingerprint density at radius 1 is 1.18 bits per heavy atom. The Morgan fingerprint density at radius 3 is 2.65 bits per heavy atom. The molecule has 4 rings (SSSR count). The Labute approximate surface area is 202 Å². The lowest BCUT2D eigenvalue weighted by atomic mass is 10.1. The number of carbonyl (C=O) groups excluding carboxylic acids is 2. The number of amides is 2. The fourth-order valence-electron chi connectivity index (χ4n) is 3.85. The Balaban J connectivity index is 1.51. The van der Waals surface area contributed by atoms with Gasteiger partial charge in [0.15, 0.2) is 0 Å². The predicted octanol–water partition coefficient (Wildman–Crippen LogP) is 2.54. The van der Waals surface area contributed by atoms with Gasteiger partial charge in [0.25, 0.3) is 5.91 Å². The number of carbonyl (C=O) groups is 2. The third-order valence-electron chi connectivity index (χ3n) is 5.73. The van der Waals surface area contributed by atoms with Crippen molar-refractivity contribution in [3.63, 3.8) is 0 Å². The van der Waals surface area contributed by atoms with Gasteiger partial charge in [-0.25, -0.2) is 9.78 Å². The van der Waals surface area contributed by atoms with E-state index in [0.717, 1.165) is 10.9 Å². The monoisotopic (exact) mass is 482 g/mol. The molecule has 1 aliphatic heterocycles. The molecule has 3 aromatic rings. The second-order valence-corrected chi connectivity index (χ2v) is 8.48. The van der Waals surface area contributed by atoms with E-state index in [2.05, 4.69) is 5.32 Å². The average Bonchev–Trinajstić information content (AvgIpc) is 2.83. The van der Waals surface area contributed by atoms with Gasteiger partial charge >= 0.3 is 6.09 Å². The number of piperazine rings is 1. The number of rotatable bonds is 5. The molecule has 0 radical (unpaired) electrons. The number of nitrogens with zero attached hydrogens (tertiary/aromatic N) is 3. The molecule has 1 aliphatic rings. The normalized spacial score (nSPS) is 16.0. The van der Waals surface area contributed by atoms with Gasteiger partial charge in [0, 0.05) is 41.8 Å². The molecule has 1 saturated heterocycles. The van der Waals surface area contributed by atoms with Crippen LogP contribution in [0, 0.1) is 0 Å². The van der Waals surface area contributed by atoms with Crippen LogP contribution in [0.25, 0.3) is 22.2 Å². The summed E-state index contributed by atoms with van der Waals surface area (Å²) in [6.07, 6.45) is -1.13. The highest BCUT2D eigenvalue weighted by Gasteiger charge is 2.31. The number of hydrogen-bond acceptors (Lipinski definition) is 7. The van der Waals surface area contributed by atoms with E-state index < -0.39 is 12.3 Å². The third kappa shape index (κ3) is 5.06. The lowest BCUT2D eigenvalue weighted by Crippen LogP contribution is -2.60. The maximum atomic E-state index is 13.2. The minimum Gasteiger partial charge on any atom is -0.448 e. The number of nitrogens with two attached hydrogens (primary N) is 2. The molecule has 178 valence electrons. The Bertz CT molecular complexity index is 1200. The lowest BCUT2D eigenvalue weighted by molar-refractivity contribution is 0.0393. The number of likely N-dealkylation sites (N-methyl/N-ethyl adjacent to an activating group) is 1. The summed E-state index contributed by atoms with van der Waals surface area (Å²) in [5.74, 6) is -0.184. The Morgan fingerprint density at radius 2 is 1.94 bits per heavy atom. The quantitative estimate of drug-likeness (QED) is 0.376. The molecule has 0 bridgehead atoms. The maximum absolute atomic E-state index is 13.2. The van der Waals surface area contributed by atoms with Gasteiger partial charge in [-0.15, -0.1) is 0 Å². The van der Waals surface area contributed by atoms with Crippen LogP contribution in [-0.2, 0) is 4.74 Å². The van der Waals surface area contributed by atoms with Crippen LogP contribution in [0.4, 0.5) is 10.5 Å². The molecule has 0 unspecified atom stereocenters. The van der Waals surface area contributed by atoms with Crippen LogP contribution in [0.3, 0.4) is 0 Å². The molecule has 0 aliphatic carbocycles. The summed E-state index contributed by atoms with van der Waals surface area (Å²) in [4.78, 5) is 33.2. The van der Waals surface area contributed by atoms with Gasteiger partial charge in [0.05, 0.1) is 22.8 Å². The molecule has 0 spiro atoms. The molecule has 2 amide bonds. The fourth-order valence-corrected chi connectivity index (χ4v) is 4.11. The SMILES string of the molecule is CNCCOC(=O)N1CCN(C(=O)c2ccc3c(Cl)cc(-c4ccc(N)cc4)nc3c2)C[C@H]1N. The molecular weight excluding hydrogens is 456 g/mol. The number of nitrogen functional groups attached to an aromatic ring is 1. The number of aromatic nitrogens is 1. The van der Waals surface area contributed by atoms with Crippen molar-refractivity contribution in [3.05, 3.63) is 59.1 Å². The van der Waals surface area contributed by atoms with Crippen LogP contribution in [-0.4, -0.2) is 72.8 Å². The van der Waals surface area contributed by atoms with Crippen molar-refractivity contribution in [1.29, 1.82) is 0 Å². The van der Waals surface area contributed by atoms with Gasteiger partial charge in [0.2, 0.25) is 0 Å². The molecule has 9 nitrogen and oxygen atoms in total. The average molecular weight is 483 g/mol. The summed E-state index contributed by atoms with van der Waals surface area (Å²) in [6.45, 7) is 1.67.